The Kier molecular flexibility index (Phi) is 9.82. The number of rotatable bonds is 9. The zero-order valence-corrected chi connectivity index (χ0v) is 27.2. The maximum absolute atomic E-state index is 11.3. The van der Waals surface area contributed by atoms with Crippen LogP contribution >= 0.6 is 0 Å². The zero-order chi connectivity index (χ0) is 31.5. The average molecular weight is 631 g/mol. The molecule has 0 bridgehead atoms. The molecule has 14 unspecified atom stereocenters. The molecule has 4 fully saturated rings. The van der Waals surface area contributed by atoms with Gasteiger partial charge in [0.2, 0.25) is 0 Å². The number of hydrogen-bond acceptors (Lipinski definition) is 9. The van der Waals surface area contributed by atoms with Crippen LogP contribution in [0.1, 0.15) is 92.4 Å². The third-order valence-corrected chi connectivity index (χ3v) is 12.9. The van der Waals surface area contributed by atoms with Crippen molar-refractivity contribution in [3.63, 3.8) is 0 Å². The Morgan fingerprint density at radius 3 is 2.40 bits per heavy atom. The van der Waals surface area contributed by atoms with E-state index in [4.69, 9.17) is 14.0 Å². The molecule has 248 valence electrons. The highest BCUT2D eigenvalue weighted by molar-refractivity contribution is 7.80. The molecular formula is C32H54O10S. The summed E-state index contributed by atoms with van der Waals surface area (Å²) in [5.41, 5.74) is 1.69. The second kappa shape index (κ2) is 12.5. The van der Waals surface area contributed by atoms with Gasteiger partial charge in [0.1, 0.15) is 18.3 Å². The standard InChI is InChI=1S/C32H54O10S/c1-17(2)26(41-30-29(36)28(35)27(16-40-30)42-43(37,38)39)9-6-18(3)21-7-8-22-20-15-25(34)24-14-19(33)10-12-32(24,5)23(20)11-13-31(21,22)4/h11,17-22,24-30,33-36H,6-10,12-16H2,1-5H3,(H,37,38,39). The average Bonchev–Trinajstić information content (AvgIpc) is 3.28. The SMILES string of the molecule is CC(C)C(CCC(C)C1CCC2C3CC(O)C4CC(O)CCC4(C)C3=CCC12C)OC1OCC(OS(=O)(=O)O)C(O)C1O. The van der Waals surface area contributed by atoms with Gasteiger partial charge in [0.25, 0.3) is 0 Å². The lowest BCUT2D eigenvalue weighted by molar-refractivity contribution is -0.283. The molecule has 1 heterocycles. The smallest absolute Gasteiger partial charge is 0.393 e. The molecular weight excluding hydrogens is 576 g/mol. The van der Waals surface area contributed by atoms with Crippen molar-refractivity contribution in [2.45, 2.75) is 135 Å². The van der Waals surface area contributed by atoms with E-state index in [1.54, 1.807) is 5.57 Å². The van der Waals surface area contributed by atoms with Crippen LogP contribution in [0.25, 0.3) is 0 Å². The number of aliphatic hydroxyl groups excluding tert-OH is 4. The predicted octanol–water partition coefficient (Wildman–Crippen LogP) is 3.62. The minimum atomic E-state index is -4.81. The summed E-state index contributed by atoms with van der Waals surface area (Å²) < 4.78 is 47.2. The number of fused-ring (bicyclic) bond motifs is 5. The summed E-state index contributed by atoms with van der Waals surface area (Å²) in [5.74, 6) is 2.18. The lowest BCUT2D eigenvalue weighted by atomic mass is 9.47. The Bertz CT molecular complexity index is 1130. The van der Waals surface area contributed by atoms with Crippen LogP contribution in [-0.4, -0.2) is 82.9 Å². The second-order valence-corrected chi connectivity index (χ2v) is 16.3. The van der Waals surface area contributed by atoms with Crippen molar-refractivity contribution in [3.05, 3.63) is 11.6 Å². The van der Waals surface area contributed by atoms with Crippen molar-refractivity contribution in [2.24, 2.45) is 46.3 Å². The first-order valence-electron chi connectivity index (χ1n) is 16.4. The van der Waals surface area contributed by atoms with Crippen LogP contribution in [0, 0.1) is 46.3 Å². The summed E-state index contributed by atoms with van der Waals surface area (Å²) in [6, 6.07) is 0. The molecule has 1 aliphatic heterocycles. The molecule has 0 aromatic rings. The number of allylic oxidation sites excluding steroid dienone is 2. The molecule has 5 rings (SSSR count). The summed E-state index contributed by atoms with van der Waals surface area (Å²) in [6.07, 6.45) is 4.23. The molecule has 0 amide bonds. The summed E-state index contributed by atoms with van der Waals surface area (Å²) >= 11 is 0. The zero-order valence-electron chi connectivity index (χ0n) is 26.3. The van der Waals surface area contributed by atoms with Gasteiger partial charge in [0.15, 0.2) is 6.29 Å². The van der Waals surface area contributed by atoms with E-state index in [1.165, 1.54) is 6.42 Å². The van der Waals surface area contributed by atoms with Crippen molar-refractivity contribution < 1.29 is 47.1 Å². The van der Waals surface area contributed by atoms with E-state index in [-0.39, 0.29) is 47.6 Å². The van der Waals surface area contributed by atoms with Crippen molar-refractivity contribution in [1.29, 1.82) is 0 Å². The van der Waals surface area contributed by atoms with Crippen LogP contribution in [0.5, 0.6) is 0 Å². The maximum atomic E-state index is 11.3. The van der Waals surface area contributed by atoms with Crippen LogP contribution < -0.4 is 0 Å². The van der Waals surface area contributed by atoms with Gasteiger partial charge in [-0.2, -0.15) is 8.42 Å². The normalized spacial score (nSPS) is 46.4. The fourth-order valence-corrected chi connectivity index (χ4v) is 10.5. The van der Waals surface area contributed by atoms with Crippen molar-refractivity contribution in [2.75, 3.05) is 6.61 Å². The summed E-state index contributed by atoms with van der Waals surface area (Å²) in [5, 5.41) is 42.6. The van der Waals surface area contributed by atoms with Gasteiger partial charge in [0, 0.05) is 0 Å². The van der Waals surface area contributed by atoms with Gasteiger partial charge in [0.05, 0.1) is 24.9 Å². The molecule has 0 aromatic carbocycles. The van der Waals surface area contributed by atoms with Crippen LogP contribution in [0.3, 0.4) is 0 Å². The third kappa shape index (κ3) is 6.49. The molecule has 4 aliphatic carbocycles. The molecule has 43 heavy (non-hydrogen) atoms. The van der Waals surface area contributed by atoms with E-state index < -0.39 is 35.0 Å². The molecule has 5 aliphatic rings. The fraction of sp³-hybridized carbons (Fsp3) is 0.938. The maximum Gasteiger partial charge on any atom is 0.397 e. The van der Waals surface area contributed by atoms with Gasteiger partial charge in [-0.3, -0.25) is 4.55 Å². The highest BCUT2D eigenvalue weighted by Gasteiger charge is 2.59. The molecule has 0 aromatic heterocycles. The highest BCUT2D eigenvalue weighted by Crippen LogP contribution is 2.66. The first kappa shape index (κ1) is 33.7. The molecule has 10 nitrogen and oxygen atoms in total. The first-order chi connectivity index (χ1) is 20.0. The largest absolute Gasteiger partial charge is 0.397 e. The Morgan fingerprint density at radius 1 is 1.00 bits per heavy atom. The number of aliphatic hydroxyl groups is 4. The van der Waals surface area contributed by atoms with Gasteiger partial charge in [-0.05, 0) is 104 Å². The van der Waals surface area contributed by atoms with Gasteiger partial charge < -0.3 is 29.9 Å². The van der Waals surface area contributed by atoms with E-state index >= 15 is 0 Å². The monoisotopic (exact) mass is 630 g/mol. The summed E-state index contributed by atoms with van der Waals surface area (Å²) in [6.45, 7) is 10.9. The van der Waals surface area contributed by atoms with Gasteiger partial charge in [-0.15, -0.1) is 0 Å². The molecule has 0 spiro atoms. The van der Waals surface area contributed by atoms with Crippen molar-refractivity contribution in [3.8, 4) is 0 Å². The minimum Gasteiger partial charge on any atom is -0.393 e. The molecule has 14 atom stereocenters. The van der Waals surface area contributed by atoms with E-state index in [9.17, 15) is 28.8 Å². The van der Waals surface area contributed by atoms with Crippen LogP contribution in [-0.2, 0) is 24.1 Å². The quantitative estimate of drug-likeness (QED) is 0.188. The van der Waals surface area contributed by atoms with E-state index in [0.717, 1.165) is 44.9 Å². The predicted molar refractivity (Wildman–Crippen MR) is 159 cm³/mol. The summed E-state index contributed by atoms with van der Waals surface area (Å²) in [4.78, 5) is 0. The number of ether oxygens (including phenoxy) is 2. The number of hydrogen-bond donors (Lipinski definition) is 5. The summed E-state index contributed by atoms with van der Waals surface area (Å²) in [7, 11) is -4.81. The highest BCUT2D eigenvalue weighted by atomic mass is 32.3. The third-order valence-electron chi connectivity index (χ3n) is 12.4. The molecule has 11 heteroatoms. The van der Waals surface area contributed by atoms with Gasteiger partial charge in [-0.1, -0.05) is 46.3 Å². The molecule has 3 saturated carbocycles. The van der Waals surface area contributed by atoms with Crippen LogP contribution in [0.15, 0.2) is 11.6 Å². The Balaban J connectivity index is 1.22. The second-order valence-electron chi connectivity index (χ2n) is 15.2. The molecule has 5 N–H and O–H groups in total. The Labute approximate surface area is 257 Å². The molecule has 0 radical (unpaired) electrons. The Hall–Kier alpha value is -0.630. The van der Waals surface area contributed by atoms with Crippen molar-refractivity contribution >= 4 is 10.4 Å². The van der Waals surface area contributed by atoms with Crippen molar-refractivity contribution in [1.82, 2.24) is 0 Å². The van der Waals surface area contributed by atoms with Gasteiger partial charge in [-0.25, -0.2) is 4.18 Å². The minimum absolute atomic E-state index is 0.0216. The van der Waals surface area contributed by atoms with E-state index in [1.807, 2.05) is 13.8 Å². The van der Waals surface area contributed by atoms with E-state index in [0.29, 0.717) is 30.1 Å². The lowest BCUT2D eigenvalue weighted by Gasteiger charge is -2.58. The topological polar surface area (TPSA) is 163 Å². The van der Waals surface area contributed by atoms with E-state index in [2.05, 4.69) is 31.0 Å². The van der Waals surface area contributed by atoms with Crippen LogP contribution in [0.2, 0.25) is 0 Å². The molecule has 1 saturated heterocycles. The van der Waals surface area contributed by atoms with Crippen LogP contribution in [0.4, 0.5) is 0 Å². The van der Waals surface area contributed by atoms with Gasteiger partial charge >= 0.3 is 10.4 Å². The lowest BCUT2D eigenvalue weighted by Crippen LogP contribution is -2.56. The first-order valence-corrected chi connectivity index (χ1v) is 17.8. The Morgan fingerprint density at radius 2 is 1.72 bits per heavy atom. The fourth-order valence-electron chi connectivity index (χ4n) is 10.0.